The molecule has 0 aliphatic carbocycles. The second-order valence-electron chi connectivity index (χ2n) is 4.31. The second kappa shape index (κ2) is 8.69. The predicted molar refractivity (Wildman–Crippen MR) is 68.6 cm³/mol. The van der Waals surface area contributed by atoms with Crippen molar-refractivity contribution in [1.29, 1.82) is 0 Å². The van der Waals surface area contributed by atoms with Crippen molar-refractivity contribution in [3.05, 3.63) is 0 Å². The molecule has 1 aliphatic rings. The Labute approximate surface area is 109 Å². The van der Waals surface area contributed by atoms with Crippen molar-refractivity contribution in [2.75, 3.05) is 40.0 Å². The van der Waals surface area contributed by atoms with Gasteiger partial charge in [-0.3, -0.25) is 4.79 Å². The molecular weight excluding hydrogens is 244 g/mol. The number of amides is 1. The first-order valence-corrected chi connectivity index (χ1v) is 5.74. The topological polar surface area (TPSA) is 50.8 Å². The zero-order valence-electron chi connectivity index (χ0n) is 10.8. The van der Waals surface area contributed by atoms with Crippen LogP contribution in [0.3, 0.4) is 0 Å². The van der Waals surface area contributed by atoms with Crippen molar-refractivity contribution in [1.82, 2.24) is 10.2 Å². The second-order valence-corrected chi connectivity index (χ2v) is 4.31. The highest BCUT2D eigenvalue weighted by molar-refractivity contribution is 5.85. The van der Waals surface area contributed by atoms with Gasteiger partial charge in [-0.05, 0) is 13.8 Å². The fourth-order valence-electron chi connectivity index (χ4n) is 1.92. The van der Waals surface area contributed by atoms with Crippen LogP contribution in [0.1, 0.15) is 13.8 Å². The monoisotopic (exact) mass is 266 g/mol. The average molecular weight is 267 g/mol. The molecule has 2 atom stereocenters. The number of nitrogens with one attached hydrogen (secondary N) is 1. The Morgan fingerprint density at radius 3 is 2.41 bits per heavy atom. The van der Waals surface area contributed by atoms with Gasteiger partial charge in [0.2, 0.25) is 5.91 Å². The summed E-state index contributed by atoms with van der Waals surface area (Å²) in [5.41, 5.74) is 0. The number of carbonyl (C=O) groups is 1. The lowest BCUT2D eigenvalue weighted by molar-refractivity contribution is -0.138. The van der Waals surface area contributed by atoms with Gasteiger partial charge in [-0.2, -0.15) is 0 Å². The van der Waals surface area contributed by atoms with E-state index >= 15 is 0 Å². The lowest BCUT2D eigenvalue weighted by Crippen LogP contribution is -2.56. The number of nitrogens with zero attached hydrogens (tertiary/aromatic N) is 1. The third-order valence-electron chi connectivity index (χ3n) is 2.57. The minimum atomic E-state index is 0. The summed E-state index contributed by atoms with van der Waals surface area (Å²) in [6.45, 7) is 6.85. The highest BCUT2D eigenvalue weighted by Crippen LogP contribution is 2.04. The van der Waals surface area contributed by atoms with Crippen molar-refractivity contribution >= 4 is 18.3 Å². The molecule has 0 bridgehead atoms. The van der Waals surface area contributed by atoms with E-state index in [4.69, 9.17) is 9.47 Å². The Morgan fingerprint density at radius 2 is 1.88 bits per heavy atom. The van der Waals surface area contributed by atoms with Crippen LogP contribution in [-0.4, -0.2) is 62.9 Å². The lowest BCUT2D eigenvalue weighted by atomic mass is 10.1. The summed E-state index contributed by atoms with van der Waals surface area (Å²) in [5, 5.41) is 3.39. The molecule has 5 nitrogen and oxygen atoms in total. The number of carbonyl (C=O) groups excluding carboxylic acids is 1. The number of piperazine rings is 1. The summed E-state index contributed by atoms with van der Waals surface area (Å²) in [6.07, 6.45) is 0. The van der Waals surface area contributed by atoms with Gasteiger partial charge in [0, 0.05) is 32.3 Å². The van der Waals surface area contributed by atoms with Crippen LogP contribution >= 0.6 is 12.4 Å². The number of hydrogen-bond donors (Lipinski definition) is 1. The minimum Gasteiger partial charge on any atom is -0.382 e. The van der Waals surface area contributed by atoms with E-state index in [0.717, 1.165) is 13.1 Å². The summed E-state index contributed by atoms with van der Waals surface area (Å²) in [7, 11) is 1.62. The van der Waals surface area contributed by atoms with E-state index < -0.39 is 0 Å². The standard InChI is InChI=1S/C11H22N2O3.ClH/c1-9-6-13(7-10(2)12-9)11(14)8-16-5-4-15-3;/h9-10,12H,4-8H2,1-3H3;1H. The van der Waals surface area contributed by atoms with E-state index in [2.05, 4.69) is 19.2 Å². The Balaban J connectivity index is 0.00000256. The highest BCUT2D eigenvalue weighted by Gasteiger charge is 2.24. The quantitative estimate of drug-likeness (QED) is 0.727. The van der Waals surface area contributed by atoms with E-state index in [1.807, 2.05) is 4.90 Å². The lowest BCUT2D eigenvalue weighted by Gasteiger charge is -2.36. The molecule has 2 unspecified atom stereocenters. The number of halogens is 1. The zero-order chi connectivity index (χ0) is 12.0. The summed E-state index contributed by atoms with van der Waals surface area (Å²) in [6, 6.07) is 0.707. The molecule has 6 heteroatoms. The van der Waals surface area contributed by atoms with Gasteiger partial charge in [-0.15, -0.1) is 12.4 Å². The van der Waals surface area contributed by atoms with Crippen LogP contribution in [0.2, 0.25) is 0 Å². The molecule has 17 heavy (non-hydrogen) atoms. The molecular formula is C11H23ClN2O3. The number of methoxy groups -OCH3 is 1. The highest BCUT2D eigenvalue weighted by atomic mass is 35.5. The van der Waals surface area contributed by atoms with Gasteiger partial charge in [-0.25, -0.2) is 0 Å². The van der Waals surface area contributed by atoms with Crippen molar-refractivity contribution < 1.29 is 14.3 Å². The van der Waals surface area contributed by atoms with Crippen molar-refractivity contribution in [2.45, 2.75) is 25.9 Å². The fourth-order valence-corrected chi connectivity index (χ4v) is 1.92. The molecule has 0 aromatic rings. The molecule has 102 valence electrons. The van der Waals surface area contributed by atoms with Crippen LogP contribution in [0.25, 0.3) is 0 Å². The molecule has 1 fully saturated rings. The zero-order valence-corrected chi connectivity index (χ0v) is 11.6. The van der Waals surface area contributed by atoms with Gasteiger partial charge in [0.05, 0.1) is 13.2 Å². The molecule has 1 saturated heterocycles. The minimum absolute atomic E-state index is 0. The maximum Gasteiger partial charge on any atom is 0.248 e. The van der Waals surface area contributed by atoms with E-state index in [1.54, 1.807) is 7.11 Å². The number of hydrogen-bond acceptors (Lipinski definition) is 4. The normalized spacial score (nSPS) is 24.3. The summed E-state index contributed by atoms with van der Waals surface area (Å²) in [5.74, 6) is 0.0660. The van der Waals surface area contributed by atoms with Gasteiger partial charge in [0.1, 0.15) is 6.61 Å². The maximum atomic E-state index is 11.8. The van der Waals surface area contributed by atoms with Gasteiger partial charge in [-0.1, -0.05) is 0 Å². The van der Waals surface area contributed by atoms with Crippen LogP contribution in [0.5, 0.6) is 0 Å². The van der Waals surface area contributed by atoms with E-state index in [0.29, 0.717) is 25.3 Å². The van der Waals surface area contributed by atoms with Gasteiger partial charge in [0.25, 0.3) is 0 Å². The predicted octanol–water partition coefficient (Wildman–Crippen LogP) is 0.280. The first-order chi connectivity index (χ1) is 7.63. The van der Waals surface area contributed by atoms with Crippen LogP contribution in [0.4, 0.5) is 0 Å². The molecule has 1 rings (SSSR count). The first-order valence-electron chi connectivity index (χ1n) is 5.74. The largest absolute Gasteiger partial charge is 0.382 e. The number of rotatable bonds is 5. The molecule has 1 N–H and O–H groups in total. The third-order valence-corrected chi connectivity index (χ3v) is 2.57. The molecule has 0 aromatic carbocycles. The Morgan fingerprint density at radius 1 is 1.29 bits per heavy atom. The van der Waals surface area contributed by atoms with E-state index in [-0.39, 0.29) is 24.9 Å². The van der Waals surface area contributed by atoms with E-state index in [1.165, 1.54) is 0 Å². The Kier molecular flexibility index (Phi) is 8.51. The summed E-state index contributed by atoms with van der Waals surface area (Å²) in [4.78, 5) is 13.6. The maximum absolute atomic E-state index is 11.8. The first kappa shape index (κ1) is 16.6. The third kappa shape index (κ3) is 6.21. The van der Waals surface area contributed by atoms with Crippen molar-refractivity contribution in [2.24, 2.45) is 0 Å². The molecule has 1 heterocycles. The van der Waals surface area contributed by atoms with Crippen LogP contribution in [0.15, 0.2) is 0 Å². The van der Waals surface area contributed by atoms with Crippen LogP contribution in [0, 0.1) is 0 Å². The molecule has 0 saturated carbocycles. The average Bonchev–Trinajstić information content (AvgIpc) is 2.22. The summed E-state index contributed by atoms with van der Waals surface area (Å²) < 4.78 is 10.1. The van der Waals surface area contributed by atoms with Crippen LogP contribution < -0.4 is 5.32 Å². The SMILES string of the molecule is COCCOCC(=O)N1CC(C)NC(C)C1.Cl. The molecule has 0 spiro atoms. The van der Waals surface area contributed by atoms with Gasteiger partial charge < -0.3 is 19.7 Å². The number of ether oxygens (including phenoxy) is 2. The Hall–Kier alpha value is -0.360. The van der Waals surface area contributed by atoms with Crippen molar-refractivity contribution in [3.8, 4) is 0 Å². The van der Waals surface area contributed by atoms with Crippen LogP contribution in [-0.2, 0) is 14.3 Å². The van der Waals surface area contributed by atoms with E-state index in [9.17, 15) is 4.79 Å². The smallest absolute Gasteiger partial charge is 0.248 e. The molecule has 1 amide bonds. The molecule has 0 radical (unpaired) electrons. The fraction of sp³-hybridized carbons (Fsp3) is 0.909. The molecule has 0 aromatic heterocycles. The van der Waals surface area contributed by atoms with Gasteiger partial charge in [0.15, 0.2) is 0 Å². The molecule has 1 aliphatic heterocycles. The Bertz CT molecular complexity index is 219. The summed E-state index contributed by atoms with van der Waals surface area (Å²) >= 11 is 0. The van der Waals surface area contributed by atoms with Gasteiger partial charge >= 0.3 is 0 Å². The van der Waals surface area contributed by atoms with Crippen molar-refractivity contribution in [3.63, 3.8) is 0 Å².